The lowest BCUT2D eigenvalue weighted by Gasteiger charge is -2.28. The monoisotopic (exact) mass is 173 g/mol. The van der Waals surface area contributed by atoms with Crippen molar-refractivity contribution < 1.29 is 5.11 Å². The molecule has 0 fully saturated rings. The van der Waals surface area contributed by atoms with E-state index in [-0.39, 0.29) is 0 Å². The van der Waals surface area contributed by atoms with Crippen LogP contribution >= 0.6 is 0 Å². The summed E-state index contributed by atoms with van der Waals surface area (Å²) in [6.07, 6.45) is 3.79. The molecule has 0 amide bonds. The van der Waals surface area contributed by atoms with Gasteiger partial charge < -0.3 is 10.8 Å². The molecule has 0 heterocycles. The Balaban J connectivity index is 3.94. The van der Waals surface area contributed by atoms with E-state index in [0.29, 0.717) is 12.5 Å². The fourth-order valence-corrected chi connectivity index (χ4v) is 1.55. The zero-order chi connectivity index (χ0) is 9.61. The summed E-state index contributed by atoms with van der Waals surface area (Å²) in [5.41, 5.74) is 4.94. The van der Waals surface area contributed by atoms with E-state index in [1.165, 1.54) is 0 Å². The summed E-state index contributed by atoms with van der Waals surface area (Å²) in [7, 11) is 0. The van der Waals surface area contributed by atoms with Gasteiger partial charge in [-0.1, -0.05) is 33.6 Å². The van der Waals surface area contributed by atoms with Gasteiger partial charge in [0.05, 0.1) is 5.60 Å². The Kier molecular flexibility index (Phi) is 5.51. The molecule has 0 aliphatic carbocycles. The molecule has 3 N–H and O–H groups in total. The van der Waals surface area contributed by atoms with Crippen molar-refractivity contribution in [2.45, 2.75) is 52.1 Å². The quantitative estimate of drug-likeness (QED) is 0.644. The number of hydrogen-bond donors (Lipinski definition) is 2. The Morgan fingerprint density at radius 3 is 2.33 bits per heavy atom. The predicted octanol–water partition coefficient (Wildman–Crippen LogP) is 1.91. The van der Waals surface area contributed by atoms with Crippen LogP contribution in [0.15, 0.2) is 0 Å². The van der Waals surface area contributed by atoms with Crippen molar-refractivity contribution in [3.8, 4) is 0 Å². The molecule has 12 heavy (non-hydrogen) atoms. The second-order valence-electron chi connectivity index (χ2n) is 3.90. The molecule has 74 valence electrons. The van der Waals surface area contributed by atoms with Crippen molar-refractivity contribution in [2.24, 2.45) is 11.7 Å². The third-order valence-electron chi connectivity index (χ3n) is 2.52. The molecular formula is C10H23NO. The highest BCUT2D eigenvalue weighted by molar-refractivity contribution is 4.80. The summed E-state index contributed by atoms with van der Waals surface area (Å²) < 4.78 is 0. The second-order valence-corrected chi connectivity index (χ2v) is 3.90. The van der Waals surface area contributed by atoms with E-state index < -0.39 is 5.60 Å². The van der Waals surface area contributed by atoms with Crippen LogP contribution in [-0.4, -0.2) is 17.3 Å². The molecule has 2 unspecified atom stereocenters. The Morgan fingerprint density at radius 2 is 2.00 bits per heavy atom. The van der Waals surface area contributed by atoms with Crippen LogP contribution in [0.25, 0.3) is 0 Å². The second kappa shape index (κ2) is 5.55. The molecule has 0 aromatic carbocycles. The van der Waals surface area contributed by atoms with Gasteiger partial charge in [0.25, 0.3) is 0 Å². The van der Waals surface area contributed by atoms with Gasteiger partial charge in [-0.25, -0.2) is 0 Å². The maximum absolute atomic E-state index is 10.00. The number of hydrogen-bond acceptors (Lipinski definition) is 2. The lowest BCUT2D eigenvalue weighted by atomic mass is 9.87. The van der Waals surface area contributed by atoms with E-state index in [2.05, 4.69) is 20.8 Å². The van der Waals surface area contributed by atoms with Gasteiger partial charge in [-0.3, -0.25) is 0 Å². The van der Waals surface area contributed by atoms with Crippen molar-refractivity contribution >= 4 is 0 Å². The minimum Gasteiger partial charge on any atom is -0.389 e. The number of rotatable bonds is 6. The lowest BCUT2D eigenvalue weighted by Crippen LogP contribution is -2.39. The first-order chi connectivity index (χ1) is 5.58. The van der Waals surface area contributed by atoms with Crippen molar-refractivity contribution in [3.63, 3.8) is 0 Å². The summed E-state index contributed by atoms with van der Waals surface area (Å²) >= 11 is 0. The molecule has 2 atom stereocenters. The van der Waals surface area contributed by atoms with E-state index in [4.69, 9.17) is 5.73 Å². The zero-order valence-electron chi connectivity index (χ0n) is 8.64. The Labute approximate surface area is 76.2 Å². The molecule has 0 saturated carbocycles. The first-order valence-electron chi connectivity index (χ1n) is 5.00. The molecule has 2 nitrogen and oxygen atoms in total. The van der Waals surface area contributed by atoms with E-state index in [1.807, 2.05) is 0 Å². The summed E-state index contributed by atoms with van der Waals surface area (Å²) in [4.78, 5) is 0. The minimum atomic E-state index is -0.607. The van der Waals surface area contributed by atoms with Crippen LogP contribution in [0.3, 0.4) is 0 Å². The van der Waals surface area contributed by atoms with Crippen LogP contribution < -0.4 is 5.73 Å². The molecule has 0 aromatic heterocycles. The Morgan fingerprint density at radius 1 is 1.42 bits per heavy atom. The normalized spacial score (nSPS) is 18.8. The summed E-state index contributed by atoms with van der Waals surface area (Å²) in [5.74, 6) is 0.574. The van der Waals surface area contributed by atoms with E-state index in [1.54, 1.807) is 0 Å². The maximum Gasteiger partial charge on any atom is 0.0771 e. The predicted molar refractivity (Wildman–Crippen MR) is 53.0 cm³/mol. The van der Waals surface area contributed by atoms with Crippen LogP contribution in [0.2, 0.25) is 0 Å². The van der Waals surface area contributed by atoms with Gasteiger partial charge in [-0.2, -0.15) is 0 Å². The largest absolute Gasteiger partial charge is 0.389 e. The van der Waals surface area contributed by atoms with Gasteiger partial charge in [0.15, 0.2) is 0 Å². The average Bonchev–Trinajstić information content (AvgIpc) is 2.05. The SMILES string of the molecule is CCCC(O)(CN)CC(C)CC. The van der Waals surface area contributed by atoms with Crippen LogP contribution in [0, 0.1) is 5.92 Å². The summed E-state index contributed by atoms with van der Waals surface area (Å²) in [5, 5.41) is 10.00. The van der Waals surface area contributed by atoms with Gasteiger partial charge in [-0.15, -0.1) is 0 Å². The van der Waals surface area contributed by atoms with Gasteiger partial charge in [0, 0.05) is 6.54 Å². The van der Waals surface area contributed by atoms with Crippen molar-refractivity contribution in [3.05, 3.63) is 0 Å². The van der Waals surface area contributed by atoms with Gasteiger partial charge in [-0.05, 0) is 18.8 Å². The summed E-state index contributed by atoms with van der Waals surface area (Å²) in [6, 6.07) is 0. The van der Waals surface area contributed by atoms with Gasteiger partial charge in [0.1, 0.15) is 0 Å². The Hall–Kier alpha value is -0.0800. The molecule has 0 aliphatic heterocycles. The average molecular weight is 173 g/mol. The van der Waals surface area contributed by atoms with E-state index in [9.17, 15) is 5.11 Å². The number of aliphatic hydroxyl groups is 1. The van der Waals surface area contributed by atoms with Crippen LogP contribution in [0.1, 0.15) is 46.5 Å². The summed E-state index contributed by atoms with van der Waals surface area (Å²) in [6.45, 7) is 6.78. The third kappa shape index (κ3) is 4.07. The maximum atomic E-state index is 10.00. The lowest BCUT2D eigenvalue weighted by molar-refractivity contribution is 0.0167. The van der Waals surface area contributed by atoms with Crippen LogP contribution in [0.5, 0.6) is 0 Å². The molecule has 2 heteroatoms. The minimum absolute atomic E-state index is 0.394. The van der Waals surface area contributed by atoms with Gasteiger partial charge in [0.2, 0.25) is 0 Å². The molecule has 0 aromatic rings. The molecule has 0 aliphatic rings. The first-order valence-corrected chi connectivity index (χ1v) is 5.00. The molecule has 0 spiro atoms. The highest BCUT2D eigenvalue weighted by atomic mass is 16.3. The van der Waals surface area contributed by atoms with Crippen molar-refractivity contribution in [2.75, 3.05) is 6.54 Å². The van der Waals surface area contributed by atoms with E-state index >= 15 is 0 Å². The van der Waals surface area contributed by atoms with Crippen molar-refractivity contribution in [1.82, 2.24) is 0 Å². The molecule has 0 rings (SSSR count). The van der Waals surface area contributed by atoms with Crippen LogP contribution in [0.4, 0.5) is 0 Å². The zero-order valence-corrected chi connectivity index (χ0v) is 8.64. The molecule has 0 saturated heterocycles. The van der Waals surface area contributed by atoms with Crippen LogP contribution in [-0.2, 0) is 0 Å². The standard InChI is InChI=1S/C10H23NO/c1-4-6-10(12,8-11)7-9(3)5-2/h9,12H,4-8,11H2,1-3H3. The van der Waals surface area contributed by atoms with Crippen molar-refractivity contribution in [1.29, 1.82) is 0 Å². The topological polar surface area (TPSA) is 46.2 Å². The molecule has 0 bridgehead atoms. The fraction of sp³-hybridized carbons (Fsp3) is 1.00. The fourth-order valence-electron chi connectivity index (χ4n) is 1.55. The first kappa shape index (κ1) is 11.9. The van der Waals surface area contributed by atoms with Gasteiger partial charge >= 0.3 is 0 Å². The highest BCUT2D eigenvalue weighted by Crippen LogP contribution is 2.22. The Bertz CT molecular complexity index is 116. The smallest absolute Gasteiger partial charge is 0.0771 e. The third-order valence-corrected chi connectivity index (χ3v) is 2.52. The molecular weight excluding hydrogens is 150 g/mol. The van der Waals surface area contributed by atoms with E-state index in [0.717, 1.165) is 25.7 Å². The molecule has 0 radical (unpaired) electrons. The highest BCUT2D eigenvalue weighted by Gasteiger charge is 2.25. The number of nitrogens with two attached hydrogens (primary N) is 1.